The number of nitrogens with zero attached hydrogens (tertiary/aromatic N) is 1. The molecule has 0 aromatic heterocycles. The Bertz CT molecular complexity index is 539. The summed E-state index contributed by atoms with van der Waals surface area (Å²) in [7, 11) is -1.79. The van der Waals surface area contributed by atoms with Crippen molar-refractivity contribution < 1.29 is 8.42 Å². The molecular weight excluding hydrogens is 272 g/mol. The van der Waals surface area contributed by atoms with Crippen molar-refractivity contribution in [1.29, 1.82) is 0 Å². The van der Waals surface area contributed by atoms with E-state index in [0.717, 1.165) is 24.1 Å². The maximum Gasteiger partial charge on any atom is 0.243 e. The van der Waals surface area contributed by atoms with Crippen molar-refractivity contribution in [2.45, 2.75) is 51.6 Å². The number of nitrogens with one attached hydrogen (secondary N) is 1. The minimum absolute atomic E-state index is 0.0544. The predicted molar refractivity (Wildman–Crippen MR) is 83.3 cm³/mol. The quantitative estimate of drug-likeness (QED) is 0.787. The van der Waals surface area contributed by atoms with E-state index in [2.05, 4.69) is 12.2 Å². The third kappa shape index (κ3) is 3.81. The van der Waals surface area contributed by atoms with Crippen LogP contribution in [0.3, 0.4) is 0 Å². The first kappa shape index (κ1) is 17.1. The molecule has 4 nitrogen and oxygen atoms in total. The van der Waals surface area contributed by atoms with Crippen LogP contribution in [0, 0.1) is 6.92 Å². The first-order valence-corrected chi connectivity index (χ1v) is 8.53. The van der Waals surface area contributed by atoms with Crippen molar-refractivity contribution in [3.05, 3.63) is 29.3 Å². The molecular formula is C15H26N2O2S. The smallest absolute Gasteiger partial charge is 0.243 e. The van der Waals surface area contributed by atoms with Crippen molar-refractivity contribution in [2.75, 3.05) is 13.6 Å². The minimum atomic E-state index is -3.42. The summed E-state index contributed by atoms with van der Waals surface area (Å²) in [4.78, 5) is 0.407. The van der Waals surface area contributed by atoms with Crippen LogP contribution in [-0.2, 0) is 16.6 Å². The molecule has 5 heteroatoms. The molecule has 114 valence electrons. The third-order valence-corrected chi connectivity index (χ3v) is 5.70. The van der Waals surface area contributed by atoms with Gasteiger partial charge < -0.3 is 5.32 Å². The van der Waals surface area contributed by atoms with E-state index in [4.69, 9.17) is 0 Å². The standard InChI is InChI=1S/C15H26N2O2S/c1-6-10-16-11-14-8-7-9-15(13(14)4)20(18,19)17(5)12(2)3/h7-9,12,16H,6,10-11H2,1-5H3. The summed E-state index contributed by atoms with van der Waals surface area (Å²) in [6, 6.07) is 5.43. The Balaban J connectivity index is 3.11. The topological polar surface area (TPSA) is 49.4 Å². The zero-order valence-electron chi connectivity index (χ0n) is 13.1. The van der Waals surface area contributed by atoms with Gasteiger partial charge in [0.25, 0.3) is 0 Å². The first-order valence-electron chi connectivity index (χ1n) is 7.09. The Morgan fingerprint density at radius 3 is 2.50 bits per heavy atom. The molecule has 0 heterocycles. The van der Waals surface area contributed by atoms with E-state index in [-0.39, 0.29) is 6.04 Å². The Labute approximate surface area is 123 Å². The van der Waals surface area contributed by atoms with Crippen LogP contribution in [0.15, 0.2) is 23.1 Å². The summed E-state index contributed by atoms with van der Waals surface area (Å²) < 4.78 is 26.6. The highest BCUT2D eigenvalue weighted by molar-refractivity contribution is 7.89. The van der Waals surface area contributed by atoms with Crippen molar-refractivity contribution in [3.63, 3.8) is 0 Å². The van der Waals surface area contributed by atoms with Gasteiger partial charge in [0.15, 0.2) is 0 Å². The van der Waals surface area contributed by atoms with E-state index in [1.165, 1.54) is 4.31 Å². The average molecular weight is 298 g/mol. The molecule has 0 aliphatic rings. The molecule has 0 spiro atoms. The summed E-state index contributed by atoms with van der Waals surface area (Å²) in [5.41, 5.74) is 1.88. The van der Waals surface area contributed by atoms with Crippen molar-refractivity contribution in [2.24, 2.45) is 0 Å². The van der Waals surface area contributed by atoms with Gasteiger partial charge in [-0.25, -0.2) is 8.42 Å². The van der Waals surface area contributed by atoms with Crippen molar-refractivity contribution in [1.82, 2.24) is 9.62 Å². The Morgan fingerprint density at radius 2 is 1.95 bits per heavy atom. The van der Waals surface area contributed by atoms with Gasteiger partial charge in [-0.05, 0) is 50.9 Å². The lowest BCUT2D eigenvalue weighted by molar-refractivity contribution is 0.410. The summed E-state index contributed by atoms with van der Waals surface area (Å²) in [5.74, 6) is 0. The summed E-state index contributed by atoms with van der Waals surface area (Å²) >= 11 is 0. The summed E-state index contributed by atoms with van der Waals surface area (Å²) in [6.07, 6.45) is 1.06. The zero-order chi connectivity index (χ0) is 15.3. The zero-order valence-corrected chi connectivity index (χ0v) is 13.9. The molecule has 20 heavy (non-hydrogen) atoms. The highest BCUT2D eigenvalue weighted by Crippen LogP contribution is 2.23. The van der Waals surface area contributed by atoms with E-state index in [9.17, 15) is 8.42 Å². The maximum atomic E-state index is 12.6. The van der Waals surface area contributed by atoms with Crippen LogP contribution in [0.5, 0.6) is 0 Å². The van der Waals surface area contributed by atoms with Crippen LogP contribution < -0.4 is 5.32 Å². The molecule has 0 atom stereocenters. The Hall–Kier alpha value is -0.910. The SMILES string of the molecule is CCCNCc1cccc(S(=O)(=O)N(C)C(C)C)c1C. The molecule has 1 rings (SSSR count). The second-order valence-corrected chi connectivity index (χ2v) is 7.30. The molecule has 0 saturated heterocycles. The van der Waals surface area contributed by atoms with Gasteiger partial charge in [-0.3, -0.25) is 0 Å². The van der Waals surface area contributed by atoms with E-state index in [1.807, 2.05) is 32.9 Å². The van der Waals surface area contributed by atoms with Gasteiger partial charge in [0.2, 0.25) is 10.0 Å². The van der Waals surface area contributed by atoms with Gasteiger partial charge >= 0.3 is 0 Å². The molecule has 1 aromatic rings. The predicted octanol–water partition coefficient (Wildman–Crippen LogP) is 2.52. The van der Waals surface area contributed by atoms with Crippen LogP contribution in [0.25, 0.3) is 0 Å². The van der Waals surface area contributed by atoms with E-state index in [1.54, 1.807) is 13.1 Å². The molecule has 1 aromatic carbocycles. The Morgan fingerprint density at radius 1 is 1.30 bits per heavy atom. The molecule has 0 unspecified atom stereocenters. The normalized spacial score (nSPS) is 12.3. The average Bonchev–Trinajstić information content (AvgIpc) is 2.39. The molecule has 0 aliphatic heterocycles. The van der Waals surface area contributed by atoms with Gasteiger partial charge in [0.1, 0.15) is 0 Å². The lowest BCUT2D eigenvalue weighted by Gasteiger charge is -2.23. The van der Waals surface area contributed by atoms with Crippen molar-refractivity contribution in [3.8, 4) is 0 Å². The van der Waals surface area contributed by atoms with Gasteiger partial charge in [-0.2, -0.15) is 4.31 Å². The minimum Gasteiger partial charge on any atom is -0.313 e. The Kier molecular flexibility index (Phi) is 6.17. The van der Waals surface area contributed by atoms with E-state index < -0.39 is 10.0 Å². The molecule has 0 radical (unpaired) electrons. The number of benzene rings is 1. The lowest BCUT2D eigenvalue weighted by Crippen LogP contribution is -2.33. The van der Waals surface area contributed by atoms with Gasteiger partial charge in [0, 0.05) is 19.6 Å². The molecule has 0 amide bonds. The van der Waals surface area contributed by atoms with Gasteiger partial charge in [-0.15, -0.1) is 0 Å². The highest BCUT2D eigenvalue weighted by atomic mass is 32.2. The molecule has 0 aliphatic carbocycles. The largest absolute Gasteiger partial charge is 0.313 e. The van der Waals surface area contributed by atoms with Crippen molar-refractivity contribution >= 4 is 10.0 Å². The summed E-state index contributed by atoms with van der Waals surface area (Å²) in [5, 5.41) is 3.31. The summed E-state index contributed by atoms with van der Waals surface area (Å²) in [6.45, 7) is 9.37. The van der Waals surface area contributed by atoms with E-state index >= 15 is 0 Å². The van der Waals surface area contributed by atoms with E-state index in [0.29, 0.717) is 11.4 Å². The van der Waals surface area contributed by atoms with Crippen LogP contribution >= 0.6 is 0 Å². The maximum absolute atomic E-state index is 12.6. The third-order valence-electron chi connectivity index (χ3n) is 3.52. The molecule has 0 bridgehead atoms. The first-order chi connectivity index (χ1) is 9.32. The number of rotatable bonds is 7. The monoisotopic (exact) mass is 298 g/mol. The second-order valence-electron chi connectivity index (χ2n) is 5.33. The fourth-order valence-electron chi connectivity index (χ4n) is 1.96. The fourth-order valence-corrected chi connectivity index (χ4v) is 3.60. The van der Waals surface area contributed by atoms with Crippen LogP contribution in [0.2, 0.25) is 0 Å². The number of hydrogen-bond donors (Lipinski definition) is 1. The van der Waals surface area contributed by atoms with Gasteiger partial charge in [-0.1, -0.05) is 19.1 Å². The number of hydrogen-bond acceptors (Lipinski definition) is 3. The van der Waals surface area contributed by atoms with Crippen LogP contribution in [0.4, 0.5) is 0 Å². The van der Waals surface area contributed by atoms with Crippen LogP contribution in [0.1, 0.15) is 38.3 Å². The van der Waals surface area contributed by atoms with Crippen LogP contribution in [-0.4, -0.2) is 32.4 Å². The molecule has 1 N–H and O–H groups in total. The highest BCUT2D eigenvalue weighted by Gasteiger charge is 2.25. The fraction of sp³-hybridized carbons (Fsp3) is 0.600. The second kappa shape index (κ2) is 7.20. The lowest BCUT2D eigenvalue weighted by atomic mass is 10.1. The molecule has 0 fully saturated rings. The van der Waals surface area contributed by atoms with Gasteiger partial charge in [0.05, 0.1) is 4.90 Å². The number of sulfonamides is 1. The molecule has 0 saturated carbocycles.